The first-order valence-electron chi connectivity index (χ1n) is 7.17. The fourth-order valence-electron chi connectivity index (χ4n) is 2.00. The number of hydrogen-bond donors (Lipinski definition) is 0. The maximum Gasteiger partial charge on any atom is 0.343 e. The minimum atomic E-state index is -0.492. The first-order valence-corrected chi connectivity index (χ1v) is 7.17. The Morgan fingerprint density at radius 3 is 2.18 bits per heavy atom. The van der Waals surface area contributed by atoms with Gasteiger partial charge >= 0.3 is 11.9 Å². The second-order valence-corrected chi connectivity index (χ2v) is 4.82. The van der Waals surface area contributed by atoms with Crippen LogP contribution in [0.3, 0.4) is 0 Å². The third kappa shape index (κ3) is 3.73. The number of carbonyl (C=O) groups is 2. The van der Waals surface area contributed by atoms with Crippen LogP contribution in [0.15, 0.2) is 48.5 Å². The fourth-order valence-corrected chi connectivity index (χ4v) is 2.00. The molecule has 0 saturated heterocycles. The van der Waals surface area contributed by atoms with Crippen LogP contribution < -0.4 is 4.74 Å². The van der Waals surface area contributed by atoms with Crippen LogP contribution in [0, 0.1) is 6.92 Å². The van der Waals surface area contributed by atoms with Gasteiger partial charge in [0.1, 0.15) is 5.75 Å². The Labute approximate surface area is 129 Å². The van der Waals surface area contributed by atoms with E-state index in [0.29, 0.717) is 29.0 Å². The van der Waals surface area contributed by atoms with E-state index in [9.17, 15) is 9.59 Å². The normalized spacial score (nSPS) is 10.1. The van der Waals surface area contributed by atoms with Crippen LogP contribution in [-0.2, 0) is 4.74 Å². The molecule has 0 heterocycles. The predicted octanol–water partition coefficient (Wildman–Crippen LogP) is 3.78. The van der Waals surface area contributed by atoms with Gasteiger partial charge in [-0.05, 0) is 43.2 Å². The summed E-state index contributed by atoms with van der Waals surface area (Å²) in [6, 6.07) is 13.7. The third-order valence-electron chi connectivity index (χ3n) is 3.16. The van der Waals surface area contributed by atoms with Crippen molar-refractivity contribution in [2.75, 3.05) is 6.61 Å². The largest absolute Gasteiger partial charge is 0.462 e. The lowest BCUT2D eigenvalue weighted by Gasteiger charge is -2.10. The summed E-state index contributed by atoms with van der Waals surface area (Å²) in [5, 5.41) is 0. The summed E-state index contributed by atoms with van der Waals surface area (Å²) >= 11 is 0. The molecule has 0 aromatic heterocycles. The lowest BCUT2D eigenvalue weighted by atomic mass is 10.0. The summed E-state index contributed by atoms with van der Waals surface area (Å²) < 4.78 is 10.4. The molecular weight excluding hydrogens is 280 g/mol. The summed E-state index contributed by atoms with van der Waals surface area (Å²) in [4.78, 5) is 24.2. The van der Waals surface area contributed by atoms with Gasteiger partial charge in [-0.3, -0.25) is 0 Å². The van der Waals surface area contributed by atoms with Gasteiger partial charge in [0, 0.05) is 0 Å². The van der Waals surface area contributed by atoms with Crippen molar-refractivity contribution >= 4 is 11.9 Å². The molecule has 2 aromatic rings. The van der Waals surface area contributed by atoms with Crippen LogP contribution in [0.5, 0.6) is 5.75 Å². The number of carbonyl (C=O) groups excluding carboxylic acids is 2. The van der Waals surface area contributed by atoms with E-state index < -0.39 is 11.9 Å². The molecule has 0 amide bonds. The van der Waals surface area contributed by atoms with Crippen LogP contribution in [0.4, 0.5) is 0 Å². The summed E-state index contributed by atoms with van der Waals surface area (Å²) in [5.41, 5.74) is 1.30. The summed E-state index contributed by atoms with van der Waals surface area (Å²) in [5.74, 6) is -0.451. The van der Waals surface area contributed by atoms with Crippen molar-refractivity contribution in [3.05, 3.63) is 65.2 Å². The molecule has 0 spiro atoms. The minimum Gasteiger partial charge on any atom is -0.462 e. The van der Waals surface area contributed by atoms with Gasteiger partial charge in [-0.15, -0.1) is 0 Å². The van der Waals surface area contributed by atoms with Crippen molar-refractivity contribution in [3.63, 3.8) is 0 Å². The molecule has 0 N–H and O–H groups in total. The predicted molar refractivity (Wildman–Crippen MR) is 83.2 cm³/mol. The highest BCUT2D eigenvalue weighted by Crippen LogP contribution is 2.18. The Bertz CT molecular complexity index is 662. The molecule has 0 aliphatic carbocycles. The molecule has 2 rings (SSSR count). The van der Waals surface area contributed by atoms with Gasteiger partial charge in [0.2, 0.25) is 0 Å². The summed E-state index contributed by atoms with van der Waals surface area (Å²) in [6.45, 7) is 3.99. The number of rotatable bonds is 5. The second-order valence-electron chi connectivity index (χ2n) is 4.82. The fraction of sp³-hybridized carbons (Fsp3) is 0.222. The molecule has 4 nitrogen and oxygen atoms in total. The van der Waals surface area contributed by atoms with Gasteiger partial charge in [-0.1, -0.05) is 31.2 Å². The zero-order chi connectivity index (χ0) is 15.9. The average Bonchev–Trinajstić information content (AvgIpc) is 2.53. The molecule has 0 saturated carbocycles. The zero-order valence-corrected chi connectivity index (χ0v) is 12.7. The highest BCUT2D eigenvalue weighted by atomic mass is 16.5. The third-order valence-corrected chi connectivity index (χ3v) is 3.16. The lowest BCUT2D eigenvalue weighted by Crippen LogP contribution is -2.14. The van der Waals surface area contributed by atoms with E-state index >= 15 is 0 Å². The Hall–Kier alpha value is -2.62. The van der Waals surface area contributed by atoms with E-state index in [1.54, 1.807) is 49.4 Å². The van der Waals surface area contributed by atoms with Gasteiger partial charge in [0.15, 0.2) is 0 Å². The van der Waals surface area contributed by atoms with E-state index in [-0.39, 0.29) is 0 Å². The van der Waals surface area contributed by atoms with Gasteiger partial charge in [-0.2, -0.15) is 0 Å². The molecule has 114 valence electrons. The Morgan fingerprint density at radius 2 is 1.55 bits per heavy atom. The highest BCUT2D eigenvalue weighted by Gasteiger charge is 2.18. The van der Waals surface area contributed by atoms with Crippen LogP contribution in [0.2, 0.25) is 0 Å². The monoisotopic (exact) mass is 298 g/mol. The van der Waals surface area contributed by atoms with Crippen molar-refractivity contribution in [2.45, 2.75) is 20.3 Å². The maximum atomic E-state index is 12.2. The molecule has 2 aromatic carbocycles. The number of para-hydroxylation sites is 1. The van der Waals surface area contributed by atoms with E-state index in [1.807, 2.05) is 13.0 Å². The maximum absolute atomic E-state index is 12.2. The first-order chi connectivity index (χ1) is 10.6. The molecule has 0 bridgehead atoms. The zero-order valence-electron chi connectivity index (χ0n) is 12.7. The van der Waals surface area contributed by atoms with Gasteiger partial charge in [0.25, 0.3) is 0 Å². The minimum absolute atomic E-state index is 0.356. The molecule has 0 unspecified atom stereocenters. The molecule has 0 aliphatic heterocycles. The van der Waals surface area contributed by atoms with Crippen molar-refractivity contribution in [1.82, 2.24) is 0 Å². The topological polar surface area (TPSA) is 52.6 Å². The number of ether oxygens (including phenoxy) is 2. The Morgan fingerprint density at radius 1 is 0.909 bits per heavy atom. The quantitative estimate of drug-likeness (QED) is 0.622. The Kier molecular flexibility index (Phi) is 5.31. The highest BCUT2D eigenvalue weighted by molar-refractivity contribution is 5.98. The SMILES string of the molecule is CCCOC(=O)c1cccc(C(=O)Oc2ccccc2)c1C. The summed E-state index contributed by atoms with van der Waals surface area (Å²) in [7, 11) is 0. The number of benzene rings is 2. The first kappa shape index (κ1) is 15.8. The lowest BCUT2D eigenvalue weighted by molar-refractivity contribution is 0.0504. The molecule has 0 fully saturated rings. The summed E-state index contributed by atoms with van der Waals surface area (Å²) in [6.07, 6.45) is 0.751. The number of esters is 2. The van der Waals surface area contributed by atoms with E-state index in [2.05, 4.69) is 0 Å². The van der Waals surface area contributed by atoms with Gasteiger partial charge in [-0.25, -0.2) is 9.59 Å². The average molecular weight is 298 g/mol. The molecule has 4 heteroatoms. The van der Waals surface area contributed by atoms with Crippen LogP contribution >= 0.6 is 0 Å². The van der Waals surface area contributed by atoms with Crippen LogP contribution in [0.25, 0.3) is 0 Å². The molecule has 0 radical (unpaired) electrons. The van der Waals surface area contributed by atoms with Gasteiger partial charge < -0.3 is 9.47 Å². The van der Waals surface area contributed by atoms with Crippen molar-refractivity contribution in [2.24, 2.45) is 0 Å². The van der Waals surface area contributed by atoms with Crippen molar-refractivity contribution < 1.29 is 19.1 Å². The van der Waals surface area contributed by atoms with E-state index in [1.165, 1.54) is 0 Å². The second kappa shape index (κ2) is 7.41. The van der Waals surface area contributed by atoms with Crippen molar-refractivity contribution in [3.8, 4) is 5.75 Å². The van der Waals surface area contributed by atoms with Crippen LogP contribution in [0.1, 0.15) is 39.6 Å². The molecule has 22 heavy (non-hydrogen) atoms. The smallest absolute Gasteiger partial charge is 0.343 e. The molecular formula is C18H18O4. The van der Waals surface area contributed by atoms with Gasteiger partial charge in [0.05, 0.1) is 17.7 Å². The van der Waals surface area contributed by atoms with E-state index in [0.717, 1.165) is 6.42 Å². The molecule has 0 aliphatic rings. The molecule has 0 atom stereocenters. The Balaban J connectivity index is 2.21. The van der Waals surface area contributed by atoms with E-state index in [4.69, 9.17) is 9.47 Å². The van der Waals surface area contributed by atoms with Crippen LogP contribution in [-0.4, -0.2) is 18.5 Å². The number of hydrogen-bond acceptors (Lipinski definition) is 4. The standard InChI is InChI=1S/C18H18O4/c1-3-12-21-17(19)15-10-7-11-16(13(15)2)18(20)22-14-8-5-4-6-9-14/h4-11H,3,12H2,1-2H3. The van der Waals surface area contributed by atoms with Crippen molar-refractivity contribution in [1.29, 1.82) is 0 Å².